The van der Waals surface area contributed by atoms with Crippen molar-refractivity contribution >= 4 is 39.3 Å². The summed E-state index contributed by atoms with van der Waals surface area (Å²) in [5.74, 6) is 0.911. The molecule has 2 aromatic heterocycles. The van der Waals surface area contributed by atoms with Crippen LogP contribution >= 0.6 is 23.1 Å². The van der Waals surface area contributed by atoms with E-state index in [2.05, 4.69) is 6.92 Å². The van der Waals surface area contributed by atoms with Gasteiger partial charge < -0.3 is 4.74 Å². The van der Waals surface area contributed by atoms with Crippen LogP contribution in [-0.2, 0) is 23.3 Å². The molecule has 0 amide bonds. The van der Waals surface area contributed by atoms with Gasteiger partial charge in [-0.1, -0.05) is 55.4 Å². The maximum Gasteiger partial charge on any atom is 0.337 e. The number of carbonyl (C=O) groups excluding carboxylic acids is 1. The lowest BCUT2D eigenvalue weighted by atomic mass is 9.86. The molecule has 0 spiro atoms. The van der Waals surface area contributed by atoms with Crippen LogP contribution in [0.1, 0.15) is 46.1 Å². The molecule has 4 aromatic rings. The third-order valence-electron chi connectivity index (χ3n) is 6.46. The number of aromatic nitrogens is 2. The van der Waals surface area contributed by atoms with E-state index in [0.717, 1.165) is 40.7 Å². The molecule has 1 aliphatic carbocycles. The van der Waals surface area contributed by atoms with Crippen molar-refractivity contribution in [2.24, 2.45) is 5.92 Å². The van der Waals surface area contributed by atoms with Crippen LogP contribution in [0.5, 0.6) is 0 Å². The Labute approximate surface area is 206 Å². The van der Waals surface area contributed by atoms with Gasteiger partial charge in [-0.25, -0.2) is 9.78 Å². The number of methoxy groups -OCH3 is 1. The topological polar surface area (TPSA) is 61.2 Å². The van der Waals surface area contributed by atoms with E-state index in [0.29, 0.717) is 22.4 Å². The van der Waals surface area contributed by atoms with E-state index >= 15 is 0 Å². The van der Waals surface area contributed by atoms with Gasteiger partial charge in [-0.3, -0.25) is 9.36 Å². The molecule has 34 heavy (non-hydrogen) atoms. The number of rotatable bonds is 6. The first kappa shape index (κ1) is 22.9. The molecule has 5 nitrogen and oxygen atoms in total. The summed E-state index contributed by atoms with van der Waals surface area (Å²) in [6.07, 6.45) is 4.29. The van der Waals surface area contributed by atoms with E-state index in [1.807, 2.05) is 48.5 Å². The summed E-state index contributed by atoms with van der Waals surface area (Å²) in [7, 11) is 1.38. The Morgan fingerprint density at radius 2 is 2.03 bits per heavy atom. The number of fused-ring (bicyclic) bond motifs is 3. The Balaban J connectivity index is 1.58. The highest BCUT2D eigenvalue weighted by Gasteiger charge is 2.26. The van der Waals surface area contributed by atoms with Gasteiger partial charge in [0, 0.05) is 10.6 Å². The zero-order valence-electron chi connectivity index (χ0n) is 19.2. The molecule has 2 aromatic carbocycles. The quantitative estimate of drug-likeness (QED) is 0.187. The number of thioether (sulfide) groups is 1. The minimum Gasteiger partial charge on any atom is -0.465 e. The largest absolute Gasteiger partial charge is 0.465 e. The predicted octanol–water partition coefficient (Wildman–Crippen LogP) is 6.04. The van der Waals surface area contributed by atoms with E-state index < -0.39 is 0 Å². The van der Waals surface area contributed by atoms with Gasteiger partial charge in [0.1, 0.15) is 4.83 Å². The fraction of sp³-hybridized carbons (Fsp3) is 0.296. The number of para-hydroxylation sites is 1. The van der Waals surface area contributed by atoms with Gasteiger partial charge >= 0.3 is 5.97 Å². The van der Waals surface area contributed by atoms with Crippen LogP contribution in [0.2, 0.25) is 0 Å². The number of nitrogens with zero attached hydrogens (tertiary/aromatic N) is 2. The SMILES string of the molecule is CC[C@@H]1CCc2c(sc3nc(SCc4cccc(C(=O)OC)c4)n(-c4ccccc4)c(=O)c23)C1. The third kappa shape index (κ3) is 4.30. The molecule has 0 saturated heterocycles. The second-order valence-corrected chi connectivity index (χ2v) is 10.6. The van der Waals surface area contributed by atoms with Crippen molar-refractivity contribution in [2.45, 2.75) is 43.5 Å². The van der Waals surface area contributed by atoms with Crippen LogP contribution in [0.4, 0.5) is 0 Å². The van der Waals surface area contributed by atoms with Gasteiger partial charge in [0.25, 0.3) is 5.56 Å². The molecule has 2 heterocycles. The van der Waals surface area contributed by atoms with Crippen molar-refractivity contribution < 1.29 is 9.53 Å². The van der Waals surface area contributed by atoms with Crippen LogP contribution in [0.3, 0.4) is 0 Å². The summed E-state index contributed by atoms with van der Waals surface area (Å²) < 4.78 is 6.59. The Bertz CT molecular complexity index is 1410. The van der Waals surface area contributed by atoms with Gasteiger partial charge in [-0.05, 0) is 60.6 Å². The molecule has 0 radical (unpaired) electrons. The molecule has 0 aliphatic heterocycles. The number of hydrogen-bond donors (Lipinski definition) is 0. The highest BCUT2D eigenvalue weighted by atomic mass is 32.2. The average Bonchev–Trinajstić information content (AvgIpc) is 3.25. The fourth-order valence-corrected chi connectivity index (χ4v) is 6.91. The average molecular weight is 491 g/mol. The number of thiophene rings is 1. The Morgan fingerprint density at radius 1 is 1.21 bits per heavy atom. The van der Waals surface area contributed by atoms with E-state index in [1.165, 1.54) is 35.7 Å². The number of ether oxygens (including phenoxy) is 1. The summed E-state index contributed by atoms with van der Waals surface area (Å²) >= 11 is 3.19. The van der Waals surface area contributed by atoms with E-state index in [9.17, 15) is 9.59 Å². The molecule has 5 rings (SSSR count). The van der Waals surface area contributed by atoms with E-state index in [4.69, 9.17) is 9.72 Å². The van der Waals surface area contributed by atoms with Gasteiger partial charge in [0.15, 0.2) is 5.16 Å². The van der Waals surface area contributed by atoms with Crippen LogP contribution < -0.4 is 5.56 Å². The number of esters is 1. The van der Waals surface area contributed by atoms with Crippen molar-refractivity contribution in [2.75, 3.05) is 7.11 Å². The first-order valence-electron chi connectivity index (χ1n) is 11.5. The molecule has 7 heteroatoms. The second-order valence-electron chi connectivity index (χ2n) is 8.55. The van der Waals surface area contributed by atoms with Crippen molar-refractivity contribution in [3.63, 3.8) is 0 Å². The maximum atomic E-state index is 13.9. The maximum absolute atomic E-state index is 13.9. The number of carbonyl (C=O) groups is 1. The van der Waals surface area contributed by atoms with Crippen LogP contribution in [0, 0.1) is 5.92 Å². The highest BCUT2D eigenvalue weighted by Crippen LogP contribution is 2.38. The zero-order valence-corrected chi connectivity index (χ0v) is 20.9. The monoisotopic (exact) mass is 490 g/mol. The highest BCUT2D eigenvalue weighted by molar-refractivity contribution is 7.98. The second kappa shape index (κ2) is 9.76. The number of hydrogen-bond acceptors (Lipinski definition) is 6. The predicted molar refractivity (Wildman–Crippen MR) is 138 cm³/mol. The normalized spacial score (nSPS) is 15.3. The third-order valence-corrected chi connectivity index (χ3v) is 8.62. The van der Waals surface area contributed by atoms with Gasteiger partial charge in [0.2, 0.25) is 0 Å². The summed E-state index contributed by atoms with van der Waals surface area (Å²) in [6.45, 7) is 2.24. The summed E-state index contributed by atoms with van der Waals surface area (Å²) in [6, 6.07) is 17.1. The Kier molecular flexibility index (Phi) is 6.57. The molecular weight excluding hydrogens is 464 g/mol. The number of benzene rings is 2. The molecule has 1 atom stereocenters. The summed E-state index contributed by atoms with van der Waals surface area (Å²) in [5.41, 5.74) is 3.51. The smallest absolute Gasteiger partial charge is 0.337 e. The molecule has 1 aliphatic rings. The van der Waals surface area contributed by atoms with Gasteiger partial charge in [-0.2, -0.15) is 0 Å². The van der Waals surface area contributed by atoms with Crippen LogP contribution in [0.25, 0.3) is 15.9 Å². The molecule has 0 fully saturated rings. The lowest BCUT2D eigenvalue weighted by Gasteiger charge is -2.20. The van der Waals surface area contributed by atoms with Crippen LogP contribution in [0.15, 0.2) is 64.5 Å². The van der Waals surface area contributed by atoms with Crippen LogP contribution in [-0.4, -0.2) is 22.6 Å². The van der Waals surface area contributed by atoms with Gasteiger partial charge in [-0.15, -0.1) is 11.3 Å². The van der Waals surface area contributed by atoms with Crippen molar-refractivity contribution in [3.05, 3.63) is 86.5 Å². The molecular formula is C27H26N2O3S2. The first-order chi connectivity index (χ1) is 16.6. The fourth-order valence-electron chi connectivity index (χ4n) is 4.58. The molecule has 174 valence electrons. The molecule has 0 bridgehead atoms. The zero-order chi connectivity index (χ0) is 23.7. The number of aryl methyl sites for hydroxylation is 1. The molecule has 0 unspecified atom stereocenters. The molecule has 0 saturated carbocycles. The lowest BCUT2D eigenvalue weighted by molar-refractivity contribution is 0.0600. The van der Waals surface area contributed by atoms with Crippen molar-refractivity contribution in [1.82, 2.24) is 9.55 Å². The summed E-state index contributed by atoms with van der Waals surface area (Å²) in [5, 5.41) is 1.45. The van der Waals surface area contributed by atoms with Gasteiger partial charge in [0.05, 0.1) is 23.7 Å². The Morgan fingerprint density at radius 3 is 2.79 bits per heavy atom. The Hall–Kier alpha value is -2.90. The van der Waals surface area contributed by atoms with Crippen molar-refractivity contribution in [3.8, 4) is 5.69 Å². The van der Waals surface area contributed by atoms with E-state index in [-0.39, 0.29) is 11.5 Å². The minimum atomic E-state index is -0.359. The molecule has 0 N–H and O–H groups in total. The summed E-state index contributed by atoms with van der Waals surface area (Å²) in [4.78, 5) is 33.0. The minimum absolute atomic E-state index is 0.00876. The van der Waals surface area contributed by atoms with E-state index in [1.54, 1.807) is 22.0 Å². The first-order valence-corrected chi connectivity index (χ1v) is 13.3. The lowest BCUT2D eigenvalue weighted by Crippen LogP contribution is -2.22. The standard InChI is InChI=1S/C27H26N2O3S2/c1-3-17-12-13-21-22(15-17)34-24-23(21)25(30)29(20-10-5-4-6-11-20)27(28-24)33-16-18-8-7-9-19(14-18)26(31)32-2/h4-11,14,17H,3,12-13,15-16H2,1-2H3/t17-/m1/s1. The van der Waals surface area contributed by atoms with Crippen molar-refractivity contribution in [1.29, 1.82) is 0 Å².